The van der Waals surface area contributed by atoms with Crippen LogP contribution in [0.2, 0.25) is 0 Å². The average Bonchev–Trinajstić information content (AvgIpc) is 2.80. The number of ketones is 1. The number of alkyl halides is 3. The Morgan fingerprint density at radius 1 is 1.06 bits per heavy atom. The van der Waals surface area contributed by atoms with Crippen molar-refractivity contribution in [2.75, 3.05) is 18.1 Å². The Morgan fingerprint density at radius 3 is 2.38 bits per heavy atom. The normalized spacial score (nSPS) is 13.0. The molecule has 0 spiro atoms. The molecule has 0 amide bonds. The predicted molar refractivity (Wildman–Crippen MR) is 124 cm³/mol. The van der Waals surface area contributed by atoms with Crippen LogP contribution in [0.25, 0.3) is 5.57 Å². The molecule has 0 saturated heterocycles. The fraction of sp³-hybridized carbons (Fsp3) is 0.423. The fourth-order valence-corrected chi connectivity index (χ4v) is 3.40. The first-order valence-corrected chi connectivity index (χ1v) is 11.2. The Bertz CT molecular complexity index is 878. The Kier molecular flexibility index (Phi) is 9.82. The van der Waals surface area contributed by atoms with E-state index in [1.54, 1.807) is 35.2 Å². The quantitative estimate of drug-likeness (QED) is 0.320. The molecule has 2 aromatic carbocycles. The van der Waals surface area contributed by atoms with Gasteiger partial charge in [0, 0.05) is 24.5 Å². The van der Waals surface area contributed by atoms with Gasteiger partial charge in [-0.15, -0.1) is 0 Å². The van der Waals surface area contributed by atoms with Gasteiger partial charge in [-0.1, -0.05) is 69.5 Å². The zero-order valence-electron chi connectivity index (χ0n) is 19.0. The van der Waals surface area contributed by atoms with Crippen molar-refractivity contribution in [3.63, 3.8) is 0 Å². The van der Waals surface area contributed by atoms with Crippen molar-refractivity contribution in [2.24, 2.45) is 5.92 Å². The maximum atomic E-state index is 13.3. The van der Waals surface area contributed by atoms with Crippen LogP contribution in [0.4, 0.5) is 18.9 Å². The van der Waals surface area contributed by atoms with Gasteiger partial charge in [0.2, 0.25) is 0 Å². The number of halogens is 3. The molecule has 0 aliphatic heterocycles. The third-order valence-corrected chi connectivity index (χ3v) is 5.39. The highest BCUT2D eigenvalue weighted by molar-refractivity contribution is 6.23. The van der Waals surface area contributed by atoms with E-state index < -0.39 is 17.5 Å². The number of benzene rings is 2. The van der Waals surface area contributed by atoms with Gasteiger partial charge >= 0.3 is 6.18 Å². The van der Waals surface area contributed by atoms with E-state index in [9.17, 15) is 18.0 Å². The van der Waals surface area contributed by atoms with Crippen LogP contribution in [0.15, 0.2) is 60.8 Å². The number of carbonyl (C=O) groups excluding carboxylic acids is 1. The van der Waals surface area contributed by atoms with E-state index in [0.717, 1.165) is 25.7 Å². The number of hydrogen-bond donors (Lipinski definition) is 0. The molecule has 1 atom stereocenters. The first-order valence-electron chi connectivity index (χ1n) is 11.2. The lowest BCUT2D eigenvalue weighted by atomic mass is 10.0. The van der Waals surface area contributed by atoms with Gasteiger partial charge in [0.15, 0.2) is 0 Å². The number of nitrogens with zero attached hydrogens (tertiary/aromatic N) is 1. The van der Waals surface area contributed by atoms with Crippen LogP contribution < -0.4 is 9.64 Å². The Balaban J connectivity index is 2.30. The Labute approximate surface area is 188 Å². The summed E-state index contributed by atoms with van der Waals surface area (Å²) in [5.74, 6) is -0.737. The summed E-state index contributed by atoms with van der Waals surface area (Å²) in [5.41, 5.74) is 0.495. The van der Waals surface area contributed by atoms with Crippen molar-refractivity contribution in [3.05, 3.63) is 66.4 Å². The zero-order valence-corrected chi connectivity index (χ0v) is 19.0. The molecule has 0 aliphatic carbocycles. The largest absolute Gasteiger partial charge is 0.493 e. The van der Waals surface area contributed by atoms with Gasteiger partial charge in [0.05, 0.1) is 12.2 Å². The standard InChI is InChI=1S/C26H32F3NO2/c1-4-7-12-20(5-2)19-32-23-16-11-15-22(17-23)30(6-3)18-24(25(31)26(27,28)29)21-13-9-8-10-14-21/h8-11,13-18,20H,4-7,12,19H2,1-3H3/b24-18-. The minimum atomic E-state index is -4.96. The highest BCUT2D eigenvalue weighted by Crippen LogP contribution is 2.29. The molecular weight excluding hydrogens is 415 g/mol. The SMILES string of the molecule is CCCCC(CC)COc1cccc(N(/C=C(\C(=O)C(F)(F)F)c2ccccc2)CC)c1. The minimum Gasteiger partial charge on any atom is -0.493 e. The first-order chi connectivity index (χ1) is 15.3. The summed E-state index contributed by atoms with van der Waals surface area (Å²) in [6, 6.07) is 15.2. The Morgan fingerprint density at radius 2 is 1.78 bits per heavy atom. The van der Waals surface area contributed by atoms with Gasteiger partial charge in [0.1, 0.15) is 5.75 Å². The van der Waals surface area contributed by atoms with Crippen LogP contribution in [0.3, 0.4) is 0 Å². The lowest BCUT2D eigenvalue weighted by Crippen LogP contribution is -2.26. The lowest BCUT2D eigenvalue weighted by Gasteiger charge is -2.22. The molecule has 0 saturated carbocycles. The number of hydrogen-bond acceptors (Lipinski definition) is 3. The number of Topliss-reactive ketones (excluding diaryl/α,β-unsaturated/α-hetero) is 1. The maximum Gasteiger partial charge on any atom is 0.454 e. The van der Waals surface area contributed by atoms with E-state index in [0.29, 0.717) is 30.5 Å². The summed E-state index contributed by atoms with van der Waals surface area (Å²) in [4.78, 5) is 13.8. The predicted octanol–water partition coefficient (Wildman–Crippen LogP) is 7.28. The second kappa shape index (κ2) is 12.3. The van der Waals surface area contributed by atoms with E-state index in [4.69, 9.17) is 4.74 Å². The van der Waals surface area contributed by atoms with E-state index in [-0.39, 0.29) is 5.56 Å². The highest BCUT2D eigenvalue weighted by atomic mass is 19.4. The molecule has 0 aliphatic rings. The minimum absolute atomic E-state index is 0.224. The smallest absolute Gasteiger partial charge is 0.454 e. The van der Waals surface area contributed by atoms with E-state index in [1.165, 1.54) is 18.3 Å². The first kappa shape index (κ1) is 25.5. The van der Waals surface area contributed by atoms with Crippen molar-refractivity contribution in [1.82, 2.24) is 0 Å². The molecule has 0 radical (unpaired) electrons. The molecule has 0 bridgehead atoms. The molecule has 0 fully saturated rings. The van der Waals surface area contributed by atoms with Gasteiger partial charge in [0.25, 0.3) is 5.78 Å². The molecule has 1 unspecified atom stereocenters. The van der Waals surface area contributed by atoms with Crippen LogP contribution in [0, 0.1) is 5.92 Å². The van der Waals surface area contributed by atoms with E-state index in [1.807, 2.05) is 19.1 Å². The Hall–Kier alpha value is -2.76. The lowest BCUT2D eigenvalue weighted by molar-refractivity contribution is -0.164. The summed E-state index contributed by atoms with van der Waals surface area (Å²) in [6.07, 6.45) is 0.760. The van der Waals surface area contributed by atoms with Gasteiger partial charge in [-0.05, 0) is 37.0 Å². The topological polar surface area (TPSA) is 29.5 Å². The summed E-state index contributed by atoms with van der Waals surface area (Å²) in [6.45, 7) is 7.12. The molecule has 174 valence electrons. The molecule has 0 aromatic heterocycles. The third-order valence-electron chi connectivity index (χ3n) is 5.39. The van der Waals surface area contributed by atoms with Crippen molar-refractivity contribution in [1.29, 1.82) is 0 Å². The molecule has 2 rings (SSSR count). The number of unbranched alkanes of at least 4 members (excludes halogenated alkanes) is 1. The van der Waals surface area contributed by atoms with Crippen LogP contribution in [-0.4, -0.2) is 25.1 Å². The number of ether oxygens (including phenoxy) is 1. The summed E-state index contributed by atoms with van der Waals surface area (Å²) >= 11 is 0. The van der Waals surface area contributed by atoms with Gasteiger partial charge in [-0.2, -0.15) is 13.2 Å². The average molecular weight is 448 g/mol. The summed E-state index contributed by atoms with van der Waals surface area (Å²) in [7, 11) is 0. The van der Waals surface area contributed by atoms with E-state index >= 15 is 0 Å². The van der Waals surface area contributed by atoms with Crippen molar-refractivity contribution < 1.29 is 22.7 Å². The molecular formula is C26H32F3NO2. The second-order valence-electron chi connectivity index (χ2n) is 7.75. The van der Waals surface area contributed by atoms with Crippen LogP contribution in [0.5, 0.6) is 5.75 Å². The number of rotatable bonds is 12. The molecule has 32 heavy (non-hydrogen) atoms. The number of carbonyl (C=O) groups is 1. The molecule has 2 aromatic rings. The zero-order chi connectivity index (χ0) is 23.6. The number of anilines is 1. The van der Waals surface area contributed by atoms with Gasteiger partial charge in [-0.25, -0.2) is 0 Å². The van der Waals surface area contributed by atoms with Crippen LogP contribution >= 0.6 is 0 Å². The monoisotopic (exact) mass is 447 g/mol. The third kappa shape index (κ3) is 7.43. The molecule has 3 nitrogen and oxygen atoms in total. The summed E-state index contributed by atoms with van der Waals surface area (Å²) in [5, 5.41) is 0. The fourth-order valence-electron chi connectivity index (χ4n) is 3.40. The van der Waals surface area contributed by atoms with Gasteiger partial charge in [-0.3, -0.25) is 4.79 Å². The molecule has 0 heterocycles. The van der Waals surface area contributed by atoms with Crippen molar-refractivity contribution >= 4 is 17.0 Å². The molecule has 0 N–H and O–H groups in total. The second-order valence-corrected chi connectivity index (χ2v) is 7.75. The van der Waals surface area contributed by atoms with Crippen molar-refractivity contribution in [3.8, 4) is 5.75 Å². The van der Waals surface area contributed by atoms with Crippen LogP contribution in [-0.2, 0) is 4.79 Å². The van der Waals surface area contributed by atoms with Gasteiger partial charge < -0.3 is 9.64 Å². The van der Waals surface area contributed by atoms with Crippen LogP contribution in [0.1, 0.15) is 52.0 Å². The van der Waals surface area contributed by atoms with E-state index in [2.05, 4.69) is 13.8 Å². The molecule has 6 heteroatoms. The van der Waals surface area contributed by atoms with Crippen molar-refractivity contribution in [2.45, 2.75) is 52.6 Å². The maximum absolute atomic E-state index is 13.3. The number of allylic oxidation sites excluding steroid dienone is 1. The highest BCUT2D eigenvalue weighted by Gasteiger charge is 2.41. The summed E-state index contributed by atoms with van der Waals surface area (Å²) < 4.78 is 45.8.